The van der Waals surface area contributed by atoms with Gasteiger partial charge in [0.15, 0.2) is 5.01 Å². The lowest BCUT2D eigenvalue weighted by Crippen LogP contribution is -2.53. The van der Waals surface area contributed by atoms with E-state index in [1.165, 1.54) is 18.3 Å². The van der Waals surface area contributed by atoms with Crippen molar-refractivity contribution in [2.75, 3.05) is 13.1 Å². The highest BCUT2D eigenvalue weighted by atomic mass is 32.2. The molecule has 1 fully saturated rings. The van der Waals surface area contributed by atoms with Gasteiger partial charge in [0.05, 0.1) is 33.5 Å². The normalized spacial score (nSPS) is 19.4. The number of Topliss-reactive ketones (excluding diaryl/α,β-unsaturated/α-hetero) is 1. The van der Waals surface area contributed by atoms with Crippen molar-refractivity contribution in [3.63, 3.8) is 0 Å². The number of aromatic nitrogens is 3. The fraction of sp³-hybridized carbons (Fsp3) is 0.222. The first-order chi connectivity index (χ1) is 19.4. The van der Waals surface area contributed by atoms with Crippen molar-refractivity contribution in [3.05, 3.63) is 99.3 Å². The van der Waals surface area contributed by atoms with E-state index in [9.17, 15) is 35.2 Å². The zero-order valence-electron chi connectivity index (χ0n) is 20.9. The number of rotatable bonds is 5. The van der Waals surface area contributed by atoms with Crippen molar-refractivity contribution >= 4 is 33.2 Å². The minimum absolute atomic E-state index is 0.0706. The molecule has 0 bridgehead atoms. The molecule has 0 radical (unpaired) electrons. The fourth-order valence-electron chi connectivity index (χ4n) is 5.38. The summed E-state index contributed by atoms with van der Waals surface area (Å²) in [5.74, 6) is -2.53. The van der Waals surface area contributed by atoms with Gasteiger partial charge < -0.3 is 0 Å². The summed E-state index contributed by atoms with van der Waals surface area (Å²) in [5, 5.41) is 6.21. The number of fused-ring (bicyclic) bond motifs is 2. The van der Waals surface area contributed by atoms with E-state index in [0.717, 1.165) is 15.6 Å². The van der Waals surface area contributed by atoms with E-state index in [1.807, 2.05) is 0 Å². The van der Waals surface area contributed by atoms with Gasteiger partial charge in [0.25, 0.3) is 0 Å². The van der Waals surface area contributed by atoms with E-state index in [-0.39, 0.29) is 30.9 Å². The molecule has 3 heterocycles. The lowest BCUT2D eigenvalue weighted by Gasteiger charge is -2.44. The molecule has 2 aromatic carbocycles. The summed E-state index contributed by atoms with van der Waals surface area (Å²) in [4.78, 5) is 17.5. The Labute approximate surface area is 234 Å². The zero-order valence-corrected chi connectivity index (χ0v) is 22.5. The van der Waals surface area contributed by atoms with Crippen LogP contribution in [0.3, 0.4) is 0 Å². The largest absolute Gasteiger partial charge is 0.419 e. The third-order valence-corrected chi connectivity index (χ3v) is 10.0. The molecule has 2 aromatic heterocycles. The number of hydrogen-bond donors (Lipinski definition) is 0. The van der Waals surface area contributed by atoms with Crippen LogP contribution in [0.2, 0.25) is 0 Å². The van der Waals surface area contributed by atoms with Gasteiger partial charge in [-0.1, -0.05) is 5.57 Å². The third kappa shape index (κ3) is 4.59. The van der Waals surface area contributed by atoms with Gasteiger partial charge in [-0.2, -0.15) is 22.6 Å². The fourth-order valence-corrected chi connectivity index (χ4v) is 7.57. The monoisotopic (exact) mass is 606 g/mol. The van der Waals surface area contributed by atoms with Gasteiger partial charge in [-0.05, 0) is 66.9 Å². The Morgan fingerprint density at radius 1 is 1.07 bits per heavy atom. The number of benzene rings is 2. The first-order valence-electron chi connectivity index (χ1n) is 12.3. The summed E-state index contributed by atoms with van der Waals surface area (Å²) in [6, 6.07) is 7.17. The smallest absolute Gasteiger partial charge is 0.290 e. The van der Waals surface area contributed by atoms with Crippen LogP contribution in [0.5, 0.6) is 0 Å². The number of carbonyl (C=O) groups is 1. The number of thiazole rings is 1. The molecule has 14 heteroatoms. The van der Waals surface area contributed by atoms with Gasteiger partial charge in [-0.15, -0.1) is 11.3 Å². The predicted octanol–water partition coefficient (Wildman–Crippen LogP) is 5.53. The Kier molecular flexibility index (Phi) is 6.47. The number of halogens is 5. The van der Waals surface area contributed by atoms with Gasteiger partial charge >= 0.3 is 6.18 Å². The van der Waals surface area contributed by atoms with E-state index >= 15 is 0 Å². The van der Waals surface area contributed by atoms with E-state index in [1.54, 1.807) is 34.5 Å². The minimum Gasteiger partial charge on any atom is -0.290 e. The molecular weight excluding hydrogens is 587 g/mol. The summed E-state index contributed by atoms with van der Waals surface area (Å²) in [5.41, 5.74) is -0.421. The number of piperidine rings is 1. The molecule has 1 saturated heterocycles. The number of carbonyl (C=O) groups excluding carboxylic acids is 1. The molecule has 0 amide bonds. The van der Waals surface area contributed by atoms with Crippen molar-refractivity contribution in [2.24, 2.45) is 5.41 Å². The lowest BCUT2D eigenvalue weighted by molar-refractivity contribution is -0.140. The van der Waals surface area contributed by atoms with Crippen LogP contribution in [-0.2, 0) is 22.6 Å². The van der Waals surface area contributed by atoms with Gasteiger partial charge in [0, 0.05) is 24.7 Å². The van der Waals surface area contributed by atoms with Crippen LogP contribution in [-0.4, -0.2) is 46.4 Å². The standard InChI is InChI=1S/C27H19F5N4O3S2/c28-18-1-3-19(4-2-18)36-23-11-17-7-9-35(41(38,39)20-5-6-21(22(29)12-20)27(30,31)32)15-26(17,13-16(23)14-34-36)24(37)25-33-8-10-40-25/h1-6,8,10-12,14H,7,9,13,15H2. The zero-order chi connectivity index (χ0) is 29.2. The van der Waals surface area contributed by atoms with Crippen LogP contribution < -0.4 is 0 Å². The Balaban J connectivity index is 1.41. The maximum atomic E-state index is 14.3. The van der Waals surface area contributed by atoms with Crippen molar-refractivity contribution in [3.8, 4) is 5.69 Å². The molecule has 1 atom stereocenters. The summed E-state index contributed by atoms with van der Waals surface area (Å²) in [6.07, 6.45) is -0.000737. The molecule has 41 heavy (non-hydrogen) atoms. The molecule has 4 aromatic rings. The lowest BCUT2D eigenvalue weighted by atomic mass is 9.66. The Hall–Kier alpha value is -3.75. The maximum absolute atomic E-state index is 14.3. The predicted molar refractivity (Wildman–Crippen MR) is 139 cm³/mol. The van der Waals surface area contributed by atoms with Gasteiger partial charge in [0.1, 0.15) is 11.6 Å². The summed E-state index contributed by atoms with van der Waals surface area (Å²) < 4.78 is 96.8. The third-order valence-electron chi connectivity index (χ3n) is 7.40. The number of nitrogens with zero attached hydrogens (tertiary/aromatic N) is 4. The van der Waals surface area contributed by atoms with Gasteiger partial charge in [-0.25, -0.2) is 26.9 Å². The highest BCUT2D eigenvalue weighted by molar-refractivity contribution is 7.89. The van der Waals surface area contributed by atoms with E-state index < -0.39 is 49.5 Å². The molecule has 0 spiro atoms. The molecule has 212 valence electrons. The Morgan fingerprint density at radius 2 is 1.83 bits per heavy atom. The molecule has 1 aliphatic heterocycles. The molecule has 1 aliphatic carbocycles. The quantitative estimate of drug-likeness (QED) is 0.220. The topological polar surface area (TPSA) is 85.2 Å². The summed E-state index contributed by atoms with van der Waals surface area (Å²) in [6.45, 7) is -0.423. The molecule has 7 nitrogen and oxygen atoms in total. The average molecular weight is 607 g/mol. The molecular formula is C27H19F5N4O3S2. The summed E-state index contributed by atoms with van der Waals surface area (Å²) in [7, 11) is -4.48. The minimum atomic E-state index is -4.99. The van der Waals surface area contributed by atoms with Crippen LogP contribution >= 0.6 is 11.3 Å². The first-order valence-corrected chi connectivity index (χ1v) is 14.6. The van der Waals surface area contributed by atoms with Crippen molar-refractivity contribution in [1.29, 1.82) is 0 Å². The highest BCUT2D eigenvalue weighted by Crippen LogP contribution is 2.47. The number of ketones is 1. The molecule has 0 N–H and O–H groups in total. The van der Waals surface area contributed by atoms with Gasteiger partial charge in [0.2, 0.25) is 15.8 Å². The average Bonchev–Trinajstić information content (AvgIpc) is 3.61. The second kappa shape index (κ2) is 9.67. The van der Waals surface area contributed by atoms with E-state index in [0.29, 0.717) is 40.7 Å². The Bertz CT molecular complexity index is 1800. The van der Waals surface area contributed by atoms with E-state index in [4.69, 9.17) is 0 Å². The molecule has 6 rings (SSSR count). The first kappa shape index (κ1) is 27.4. The number of hydrogen-bond acceptors (Lipinski definition) is 6. The molecule has 2 aliphatic rings. The van der Waals surface area contributed by atoms with Crippen LogP contribution in [0.4, 0.5) is 22.0 Å². The van der Waals surface area contributed by atoms with Crippen LogP contribution in [0.15, 0.2) is 70.7 Å². The van der Waals surface area contributed by atoms with E-state index in [2.05, 4.69) is 10.1 Å². The Morgan fingerprint density at radius 3 is 2.49 bits per heavy atom. The summed E-state index contributed by atoms with van der Waals surface area (Å²) >= 11 is 1.10. The van der Waals surface area contributed by atoms with Crippen molar-refractivity contribution in [1.82, 2.24) is 19.1 Å². The van der Waals surface area contributed by atoms with Crippen LogP contribution in [0.25, 0.3) is 11.8 Å². The SMILES string of the molecule is O=C(c1nccs1)C12Cc3cnn(-c4ccc(F)cc4)c3C=C1CCN(S(=O)(=O)c1ccc(C(F)(F)F)c(F)c1)C2. The van der Waals surface area contributed by atoms with Crippen molar-refractivity contribution in [2.45, 2.75) is 23.9 Å². The second-order valence-corrected chi connectivity index (χ2v) is 12.6. The van der Waals surface area contributed by atoms with Crippen LogP contribution in [0, 0.1) is 17.0 Å². The maximum Gasteiger partial charge on any atom is 0.419 e. The van der Waals surface area contributed by atoms with Crippen LogP contribution in [0.1, 0.15) is 33.0 Å². The van der Waals surface area contributed by atoms with Crippen molar-refractivity contribution < 1.29 is 35.2 Å². The molecule has 0 saturated carbocycles. The van der Waals surface area contributed by atoms with Gasteiger partial charge in [-0.3, -0.25) is 4.79 Å². The molecule has 1 unspecified atom stereocenters. The highest BCUT2D eigenvalue weighted by Gasteiger charge is 2.51. The second-order valence-electron chi connectivity index (χ2n) is 9.77. The number of alkyl halides is 3. The number of sulfonamides is 1.